The number of ether oxygens (including phenoxy) is 2. The third-order valence-corrected chi connectivity index (χ3v) is 4.83. The van der Waals surface area contributed by atoms with Crippen molar-refractivity contribution in [3.8, 4) is 16.9 Å². The highest BCUT2D eigenvalue weighted by Gasteiger charge is 2.25. The molecule has 0 aromatic heterocycles. The second-order valence-electron chi connectivity index (χ2n) is 6.01. The van der Waals surface area contributed by atoms with E-state index in [-0.39, 0.29) is 6.42 Å². The third-order valence-electron chi connectivity index (χ3n) is 4.17. The van der Waals surface area contributed by atoms with Gasteiger partial charge in [-0.25, -0.2) is 0 Å². The summed E-state index contributed by atoms with van der Waals surface area (Å²) in [5, 5.41) is 10.5. The summed E-state index contributed by atoms with van der Waals surface area (Å²) in [6, 6.07) is 11.5. The lowest BCUT2D eigenvalue weighted by Gasteiger charge is -2.23. The Balaban J connectivity index is 2.04. The Kier molecular flexibility index (Phi) is 5.87. The number of rotatable bonds is 4. The lowest BCUT2D eigenvalue weighted by atomic mass is 9.97. The van der Waals surface area contributed by atoms with Crippen LogP contribution < -0.4 is 4.74 Å². The molecule has 0 bridgehead atoms. The van der Waals surface area contributed by atoms with Crippen molar-refractivity contribution in [1.29, 1.82) is 0 Å². The van der Waals surface area contributed by atoms with Gasteiger partial charge in [-0.2, -0.15) is 0 Å². The predicted molar refractivity (Wildman–Crippen MR) is 103 cm³/mol. The van der Waals surface area contributed by atoms with Crippen LogP contribution in [-0.2, 0) is 9.53 Å². The highest BCUT2D eigenvalue weighted by atomic mass is 35.5. The molecule has 0 radical (unpaired) electrons. The van der Waals surface area contributed by atoms with Gasteiger partial charge in [0.05, 0.1) is 29.7 Å². The number of halogens is 2. The molecular formula is C20H18Cl2O4. The summed E-state index contributed by atoms with van der Waals surface area (Å²) < 4.78 is 10.6. The molecular weight excluding hydrogens is 375 g/mol. The normalized spacial score (nSPS) is 20.2. The van der Waals surface area contributed by atoms with Gasteiger partial charge in [0.15, 0.2) is 5.75 Å². The van der Waals surface area contributed by atoms with Crippen molar-refractivity contribution in [1.82, 2.24) is 0 Å². The first-order valence-electron chi connectivity index (χ1n) is 8.16. The van der Waals surface area contributed by atoms with E-state index in [2.05, 4.69) is 0 Å². The van der Waals surface area contributed by atoms with Crippen LogP contribution in [0, 0.1) is 0 Å². The van der Waals surface area contributed by atoms with Gasteiger partial charge in [-0.1, -0.05) is 59.6 Å². The average Bonchev–Trinajstić information content (AvgIpc) is 2.61. The first-order chi connectivity index (χ1) is 12.5. The standard InChI is InChI=1S/C20H18Cl2O4/c1-25-20-17(21)11-16(12-5-3-2-4-6-12)15(19(20)22)8-7-14-9-13(23)10-18(24)26-14/h2-8,11,13-14,23H,9-10H2,1H3. The summed E-state index contributed by atoms with van der Waals surface area (Å²) in [6.07, 6.45) is 2.67. The lowest BCUT2D eigenvalue weighted by Crippen LogP contribution is -2.31. The molecule has 4 nitrogen and oxygen atoms in total. The molecule has 1 saturated heterocycles. The van der Waals surface area contributed by atoms with E-state index in [9.17, 15) is 9.90 Å². The number of hydrogen-bond donors (Lipinski definition) is 1. The molecule has 2 unspecified atom stereocenters. The fourth-order valence-corrected chi connectivity index (χ4v) is 3.63. The number of carbonyl (C=O) groups excluding carboxylic acids is 1. The molecule has 1 fully saturated rings. The van der Waals surface area contributed by atoms with Gasteiger partial charge < -0.3 is 14.6 Å². The van der Waals surface area contributed by atoms with Crippen molar-refractivity contribution >= 4 is 35.2 Å². The summed E-state index contributed by atoms with van der Waals surface area (Å²) in [5.41, 5.74) is 2.48. The lowest BCUT2D eigenvalue weighted by molar-refractivity contribution is -0.156. The van der Waals surface area contributed by atoms with E-state index in [1.165, 1.54) is 7.11 Å². The van der Waals surface area contributed by atoms with Gasteiger partial charge in [-0.15, -0.1) is 0 Å². The maximum Gasteiger partial charge on any atom is 0.309 e. The minimum Gasteiger partial charge on any atom is -0.494 e. The molecule has 3 rings (SSSR count). The van der Waals surface area contributed by atoms with Crippen molar-refractivity contribution in [3.63, 3.8) is 0 Å². The van der Waals surface area contributed by atoms with Gasteiger partial charge in [0.2, 0.25) is 0 Å². The fraction of sp³-hybridized carbons (Fsp3) is 0.250. The van der Waals surface area contributed by atoms with Gasteiger partial charge in [0.1, 0.15) is 6.10 Å². The zero-order chi connectivity index (χ0) is 18.7. The molecule has 1 aliphatic rings. The first-order valence-corrected chi connectivity index (χ1v) is 8.92. The number of carbonyl (C=O) groups is 1. The quantitative estimate of drug-likeness (QED) is 0.762. The first kappa shape index (κ1) is 18.8. The summed E-state index contributed by atoms with van der Waals surface area (Å²) >= 11 is 12.8. The van der Waals surface area contributed by atoms with E-state index >= 15 is 0 Å². The van der Waals surface area contributed by atoms with Crippen LogP contribution in [0.25, 0.3) is 17.2 Å². The molecule has 0 saturated carbocycles. The molecule has 0 aliphatic carbocycles. The second kappa shape index (κ2) is 8.12. The van der Waals surface area contributed by atoms with Crippen LogP contribution in [0.3, 0.4) is 0 Å². The summed E-state index contributed by atoms with van der Waals surface area (Å²) in [4.78, 5) is 11.5. The van der Waals surface area contributed by atoms with Crippen molar-refractivity contribution in [2.24, 2.45) is 0 Å². The predicted octanol–water partition coefficient (Wildman–Crippen LogP) is 4.75. The van der Waals surface area contributed by atoms with Gasteiger partial charge in [-0.3, -0.25) is 4.79 Å². The summed E-state index contributed by atoms with van der Waals surface area (Å²) in [7, 11) is 1.50. The average molecular weight is 393 g/mol. The van der Waals surface area contributed by atoms with Crippen molar-refractivity contribution in [3.05, 3.63) is 58.1 Å². The number of methoxy groups -OCH3 is 1. The molecule has 136 valence electrons. The Morgan fingerprint density at radius 3 is 2.65 bits per heavy atom. The Bertz CT molecular complexity index is 833. The van der Waals surface area contributed by atoms with Crippen LogP contribution in [0.5, 0.6) is 5.75 Å². The van der Waals surface area contributed by atoms with E-state index in [1.807, 2.05) is 30.3 Å². The Hall–Kier alpha value is -2.01. The molecule has 0 spiro atoms. The monoisotopic (exact) mass is 392 g/mol. The van der Waals surface area contributed by atoms with Gasteiger partial charge in [0.25, 0.3) is 0 Å². The molecule has 1 N–H and O–H groups in total. The van der Waals surface area contributed by atoms with E-state index in [1.54, 1.807) is 18.2 Å². The van der Waals surface area contributed by atoms with Gasteiger partial charge in [-0.05, 0) is 23.3 Å². The minimum atomic E-state index is -0.699. The van der Waals surface area contributed by atoms with Gasteiger partial charge >= 0.3 is 5.97 Å². The zero-order valence-corrected chi connectivity index (χ0v) is 15.6. The van der Waals surface area contributed by atoms with Crippen LogP contribution in [0.2, 0.25) is 10.0 Å². The van der Waals surface area contributed by atoms with E-state index in [0.717, 1.165) is 11.1 Å². The number of cyclic esters (lactones) is 1. The van der Waals surface area contributed by atoms with Crippen LogP contribution in [0.4, 0.5) is 0 Å². The zero-order valence-electron chi connectivity index (χ0n) is 14.1. The Morgan fingerprint density at radius 2 is 2.00 bits per heavy atom. The van der Waals surface area contributed by atoms with Crippen molar-refractivity contribution in [2.45, 2.75) is 25.0 Å². The SMILES string of the molecule is COc1c(Cl)cc(-c2ccccc2)c(C=CC2CC(O)CC(=O)O2)c1Cl. The second-order valence-corrected chi connectivity index (χ2v) is 6.80. The largest absolute Gasteiger partial charge is 0.494 e. The van der Waals surface area contributed by atoms with E-state index in [0.29, 0.717) is 27.8 Å². The summed E-state index contributed by atoms with van der Waals surface area (Å²) in [6.45, 7) is 0. The van der Waals surface area contributed by atoms with Crippen LogP contribution in [0.1, 0.15) is 18.4 Å². The minimum absolute atomic E-state index is 0.0229. The van der Waals surface area contributed by atoms with Crippen molar-refractivity contribution in [2.75, 3.05) is 7.11 Å². The molecule has 1 aliphatic heterocycles. The van der Waals surface area contributed by atoms with Crippen LogP contribution in [0.15, 0.2) is 42.5 Å². The fourth-order valence-electron chi connectivity index (χ4n) is 2.95. The van der Waals surface area contributed by atoms with Crippen molar-refractivity contribution < 1.29 is 19.4 Å². The highest BCUT2D eigenvalue weighted by Crippen LogP contribution is 2.42. The molecule has 2 aromatic rings. The Morgan fingerprint density at radius 1 is 1.27 bits per heavy atom. The molecule has 1 heterocycles. The topological polar surface area (TPSA) is 55.8 Å². The maximum absolute atomic E-state index is 11.5. The molecule has 6 heteroatoms. The van der Waals surface area contributed by atoms with Gasteiger partial charge in [0, 0.05) is 12.0 Å². The number of aliphatic hydroxyl groups is 1. The Labute approximate surface area is 162 Å². The van der Waals surface area contributed by atoms with E-state index < -0.39 is 18.2 Å². The van der Waals surface area contributed by atoms with E-state index in [4.69, 9.17) is 32.7 Å². The maximum atomic E-state index is 11.5. The number of esters is 1. The molecule has 0 amide bonds. The number of benzene rings is 2. The number of hydrogen-bond acceptors (Lipinski definition) is 4. The molecule has 2 atom stereocenters. The highest BCUT2D eigenvalue weighted by molar-refractivity contribution is 6.38. The third kappa shape index (κ3) is 4.04. The smallest absolute Gasteiger partial charge is 0.309 e. The summed E-state index contributed by atoms with van der Waals surface area (Å²) in [5.74, 6) is -0.0326. The number of aliphatic hydroxyl groups excluding tert-OH is 1. The molecule has 2 aromatic carbocycles. The van der Waals surface area contributed by atoms with Crippen LogP contribution >= 0.6 is 23.2 Å². The molecule has 26 heavy (non-hydrogen) atoms. The van der Waals surface area contributed by atoms with Crippen LogP contribution in [-0.4, -0.2) is 30.4 Å².